The van der Waals surface area contributed by atoms with E-state index in [2.05, 4.69) is 15.2 Å². The molecule has 0 aromatic heterocycles. The summed E-state index contributed by atoms with van der Waals surface area (Å²) in [6.45, 7) is 0.0691. The van der Waals surface area contributed by atoms with E-state index in [9.17, 15) is 23.7 Å². The predicted molar refractivity (Wildman–Crippen MR) is 136 cm³/mol. The average molecular weight is 561 g/mol. The third-order valence-corrected chi connectivity index (χ3v) is 6.96. The minimum absolute atomic E-state index is 0.0273. The van der Waals surface area contributed by atoms with Crippen molar-refractivity contribution in [2.75, 3.05) is 13.2 Å². The van der Waals surface area contributed by atoms with Gasteiger partial charge in [0, 0.05) is 25.1 Å². The summed E-state index contributed by atoms with van der Waals surface area (Å²) in [5.41, 5.74) is 0. The molecule has 2 saturated carbocycles. The lowest BCUT2D eigenvalue weighted by atomic mass is 9.97. The molecule has 13 heteroatoms. The number of rotatable bonds is 15. The van der Waals surface area contributed by atoms with Crippen molar-refractivity contribution in [1.82, 2.24) is 10.6 Å². The van der Waals surface area contributed by atoms with E-state index >= 15 is 0 Å². The van der Waals surface area contributed by atoms with Crippen molar-refractivity contribution in [3.8, 4) is 0 Å². The molecule has 38 heavy (non-hydrogen) atoms. The highest BCUT2D eigenvalue weighted by molar-refractivity contribution is 7.46. The fraction of sp³-hybridized carbons (Fsp3) is 0.760. The second-order valence-electron chi connectivity index (χ2n) is 9.70. The van der Waals surface area contributed by atoms with Crippen LogP contribution in [0, 0.1) is 0 Å². The molecule has 0 unspecified atom stereocenters. The van der Waals surface area contributed by atoms with Crippen LogP contribution in [0.15, 0.2) is 12.2 Å². The number of amides is 2. The highest BCUT2D eigenvalue weighted by Crippen LogP contribution is 2.35. The van der Waals surface area contributed by atoms with E-state index in [0.29, 0.717) is 12.8 Å². The Morgan fingerprint density at radius 2 is 1.42 bits per heavy atom. The van der Waals surface area contributed by atoms with E-state index < -0.39 is 37.6 Å². The predicted octanol–water partition coefficient (Wildman–Crippen LogP) is 2.57. The van der Waals surface area contributed by atoms with Crippen LogP contribution in [-0.4, -0.2) is 64.9 Å². The van der Waals surface area contributed by atoms with Crippen molar-refractivity contribution in [2.24, 2.45) is 0 Å². The summed E-state index contributed by atoms with van der Waals surface area (Å²) in [6, 6.07) is -1.05. The standard InChI is InChI=1S/C25H41N2O10P/c28-22(26-17-7-8-18-35-38(32,33)34)14-15-23(29)27-21(25(31)37-20-11-5-2-6-12-20)13-16-24(30)36-19-9-3-1-4-10-19/h14-15,19-21H,1-13,16-18H2,(H,26,28)(H,27,29)(H2,32,33,34)/b15-14+/t21-/m0/s1. The third-order valence-electron chi connectivity index (χ3n) is 6.44. The summed E-state index contributed by atoms with van der Waals surface area (Å²) in [5, 5.41) is 5.08. The quantitative estimate of drug-likeness (QED) is 0.101. The van der Waals surface area contributed by atoms with Crippen LogP contribution in [0.1, 0.15) is 89.9 Å². The molecule has 0 radical (unpaired) electrons. The number of phosphoric acid groups is 1. The SMILES string of the molecule is O=C(/C=C/C(=O)N[C@@H](CCC(=O)OC1CCCCC1)C(=O)OC1CCCCC1)NCCCCOP(=O)(O)O. The number of esters is 2. The van der Waals surface area contributed by atoms with Gasteiger partial charge in [-0.15, -0.1) is 0 Å². The number of unbranched alkanes of at least 4 members (excludes halogenated alkanes) is 1. The van der Waals surface area contributed by atoms with Gasteiger partial charge in [-0.1, -0.05) is 12.8 Å². The maximum atomic E-state index is 12.8. The monoisotopic (exact) mass is 560 g/mol. The number of nitrogens with one attached hydrogen (secondary N) is 2. The fourth-order valence-electron chi connectivity index (χ4n) is 4.42. The van der Waals surface area contributed by atoms with Gasteiger partial charge >= 0.3 is 19.8 Å². The van der Waals surface area contributed by atoms with Crippen LogP contribution in [0.25, 0.3) is 0 Å². The highest BCUT2D eigenvalue weighted by atomic mass is 31.2. The summed E-state index contributed by atoms with van der Waals surface area (Å²) >= 11 is 0. The first-order chi connectivity index (χ1) is 18.1. The van der Waals surface area contributed by atoms with Gasteiger partial charge in [0.2, 0.25) is 11.8 Å². The summed E-state index contributed by atoms with van der Waals surface area (Å²) in [4.78, 5) is 66.8. The number of carbonyl (C=O) groups excluding carboxylic acids is 4. The third kappa shape index (κ3) is 14.6. The summed E-state index contributed by atoms with van der Waals surface area (Å²) in [7, 11) is -4.51. The van der Waals surface area contributed by atoms with Crippen LogP contribution < -0.4 is 10.6 Å². The molecule has 216 valence electrons. The second-order valence-corrected chi connectivity index (χ2v) is 10.9. The normalized spacial score (nSPS) is 18.1. The Hall–Kier alpha value is -2.27. The number of phosphoric ester groups is 1. The minimum atomic E-state index is -4.51. The molecule has 0 aromatic carbocycles. The van der Waals surface area contributed by atoms with Gasteiger partial charge in [0.25, 0.3) is 0 Å². The number of ether oxygens (including phenoxy) is 2. The fourth-order valence-corrected chi connectivity index (χ4v) is 4.79. The molecule has 0 spiro atoms. The van der Waals surface area contributed by atoms with E-state index in [4.69, 9.17) is 19.3 Å². The van der Waals surface area contributed by atoms with Gasteiger partial charge in [0.15, 0.2) is 0 Å². The minimum Gasteiger partial charge on any atom is -0.462 e. The molecule has 4 N–H and O–H groups in total. The van der Waals surface area contributed by atoms with Gasteiger partial charge < -0.3 is 29.9 Å². The zero-order valence-corrected chi connectivity index (χ0v) is 22.7. The number of carbonyl (C=O) groups is 4. The molecule has 0 heterocycles. The van der Waals surface area contributed by atoms with Crippen LogP contribution in [0.4, 0.5) is 0 Å². The Morgan fingerprint density at radius 3 is 2.03 bits per heavy atom. The largest absolute Gasteiger partial charge is 0.469 e. The Morgan fingerprint density at radius 1 is 0.842 bits per heavy atom. The molecular formula is C25H41N2O10P. The first-order valence-electron chi connectivity index (χ1n) is 13.5. The average Bonchev–Trinajstić information content (AvgIpc) is 2.87. The smallest absolute Gasteiger partial charge is 0.462 e. The summed E-state index contributed by atoms with van der Waals surface area (Å²) in [5.74, 6) is -2.25. The van der Waals surface area contributed by atoms with Crippen LogP contribution in [-0.2, 0) is 37.7 Å². The van der Waals surface area contributed by atoms with Gasteiger partial charge in [0.1, 0.15) is 18.2 Å². The molecule has 0 aromatic rings. The Labute approximate surface area is 223 Å². The van der Waals surface area contributed by atoms with Gasteiger partial charge in [-0.05, 0) is 70.6 Å². The Kier molecular flexibility index (Phi) is 14.6. The molecule has 1 atom stereocenters. The van der Waals surface area contributed by atoms with E-state index in [1.165, 1.54) is 0 Å². The molecule has 12 nitrogen and oxygen atoms in total. The number of hydrogen-bond acceptors (Lipinski definition) is 8. The van der Waals surface area contributed by atoms with Crippen molar-refractivity contribution in [2.45, 2.75) is 108 Å². The van der Waals surface area contributed by atoms with Gasteiger partial charge in [0.05, 0.1) is 6.61 Å². The maximum Gasteiger partial charge on any atom is 0.469 e. The van der Waals surface area contributed by atoms with Crippen molar-refractivity contribution >= 4 is 31.6 Å². The zero-order valence-electron chi connectivity index (χ0n) is 21.8. The first kappa shape index (κ1) is 31.9. The van der Waals surface area contributed by atoms with Crippen LogP contribution in [0.2, 0.25) is 0 Å². The van der Waals surface area contributed by atoms with E-state index in [0.717, 1.165) is 76.4 Å². The van der Waals surface area contributed by atoms with Gasteiger partial charge in [-0.3, -0.25) is 18.9 Å². The first-order valence-corrected chi connectivity index (χ1v) is 15.0. The van der Waals surface area contributed by atoms with Crippen LogP contribution >= 0.6 is 7.82 Å². The highest BCUT2D eigenvalue weighted by Gasteiger charge is 2.27. The molecule has 2 rings (SSSR count). The lowest BCUT2D eigenvalue weighted by Crippen LogP contribution is -2.43. The Balaban J connectivity index is 1.80. The molecule has 0 aliphatic heterocycles. The van der Waals surface area contributed by atoms with Crippen molar-refractivity contribution in [1.29, 1.82) is 0 Å². The maximum absolute atomic E-state index is 12.8. The Bertz CT molecular complexity index is 847. The van der Waals surface area contributed by atoms with Gasteiger partial charge in [-0.25, -0.2) is 9.36 Å². The van der Waals surface area contributed by atoms with Gasteiger partial charge in [-0.2, -0.15) is 0 Å². The van der Waals surface area contributed by atoms with Crippen molar-refractivity contribution < 1.29 is 47.5 Å². The molecular weight excluding hydrogens is 519 g/mol. The van der Waals surface area contributed by atoms with E-state index in [1.54, 1.807) is 0 Å². The van der Waals surface area contributed by atoms with Crippen molar-refractivity contribution in [3.05, 3.63) is 12.2 Å². The summed E-state index contributed by atoms with van der Waals surface area (Å²) in [6.07, 6.45) is 11.8. The van der Waals surface area contributed by atoms with E-state index in [1.807, 2.05) is 0 Å². The second kappa shape index (κ2) is 17.3. The molecule has 2 aliphatic carbocycles. The summed E-state index contributed by atoms with van der Waals surface area (Å²) < 4.78 is 26.0. The lowest BCUT2D eigenvalue weighted by molar-refractivity contribution is -0.155. The molecule has 0 saturated heterocycles. The van der Waals surface area contributed by atoms with Crippen LogP contribution in [0.3, 0.4) is 0 Å². The van der Waals surface area contributed by atoms with Crippen molar-refractivity contribution in [3.63, 3.8) is 0 Å². The molecule has 0 bridgehead atoms. The number of hydrogen-bond donors (Lipinski definition) is 4. The molecule has 2 fully saturated rings. The lowest BCUT2D eigenvalue weighted by Gasteiger charge is -2.25. The molecule has 2 amide bonds. The van der Waals surface area contributed by atoms with E-state index in [-0.39, 0.29) is 38.2 Å². The van der Waals surface area contributed by atoms with Crippen LogP contribution in [0.5, 0.6) is 0 Å². The topological polar surface area (TPSA) is 178 Å². The zero-order chi connectivity index (χ0) is 27.8. The molecule has 2 aliphatic rings.